The molecule has 2 heterocycles. The maximum atomic E-state index is 2.51. The predicted octanol–water partition coefficient (Wildman–Crippen LogP) is 8.25. The zero-order valence-corrected chi connectivity index (χ0v) is 21.4. The summed E-state index contributed by atoms with van der Waals surface area (Å²) >= 11 is 0. The topological polar surface area (TPSA) is 4.44 Å². The van der Waals surface area contributed by atoms with Gasteiger partial charge in [-0.2, -0.15) is 0 Å². The van der Waals surface area contributed by atoms with Crippen LogP contribution in [0.1, 0.15) is 130 Å². The highest BCUT2D eigenvalue weighted by Crippen LogP contribution is 2.28. The molecule has 0 radical (unpaired) electrons. The molecular weight excluding hydrogens is 374 g/mol. The van der Waals surface area contributed by atoms with Crippen molar-refractivity contribution in [1.29, 1.82) is 0 Å². The number of quaternary nitrogens is 1. The molecule has 0 saturated carbocycles. The molecule has 2 unspecified atom stereocenters. The van der Waals surface area contributed by atoms with Gasteiger partial charge in [0.1, 0.15) is 11.7 Å². The van der Waals surface area contributed by atoms with Crippen LogP contribution in [0.25, 0.3) is 0 Å². The van der Waals surface area contributed by atoms with Crippen molar-refractivity contribution in [2.75, 3.05) is 6.54 Å². The Morgan fingerprint density at radius 3 is 1.90 bits per heavy atom. The third kappa shape index (κ3) is 8.76. The molecule has 0 aromatic heterocycles. The molecule has 1 fully saturated rings. The van der Waals surface area contributed by atoms with Crippen LogP contribution < -0.4 is 4.90 Å². The van der Waals surface area contributed by atoms with Crippen molar-refractivity contribution in [2.24, 2.45) is 0 Å². The summed E-state index contributed by atoms with van der Waals surface area (Å²) < 4.78 is 0. The van der Waals surface area contributed by atoms with E-state index in [0.717, 1.165) is 0 Å². The van der Waals surface area contributed by atoms with Crippen LogP contribution >= 0.6 is 0 Å². The molecule has 0 amide bonds. The van der Waals surface area contributed by atoms with E-state index in [4.69, 9.17) is 0 Å². The van der Waals surface area contributed by atoms with Crippen LogP contribution in [0.3, 0.4) is 0 Å². The highest BCUT2D eigenvalue weighted by molar-refractivity contribution is 5.49. The van der Waals surface area contributed by atoms with Crippen LogP contribution in [0, 0.1) is 0 Å². The first-order valence-electron chi connectivity index (χ1n) is 13.8. The lowest BCUT2D eigenvalue weighted by molar-refractivity contribution is -0.868. The second-order valence-electron chi connectivity index (χ2n) is 10.0. The highest BCUT2D eigenvalue weighted by Gasteiger charge is 2.37. The van der Waals surface area contributed by atoms with Gasteiger partial charge >= 0.3 is 0 Å². The van der Waals surface area contributed by atoms with Crippen molar-refractivity contribution in [1.82, 2.24) is 0 Å². The van der Waals surface area contributed by atoms with Gasteiger partial charge in [-0.3, -0.25) is 4.90 Å². The molecule has 0 spiro atoms. The number of rotatable bonds is 16. The van der Waals surface area contributed by atoms with Gasteiger partial charge in [0, 0.05) is 30.9 Å². The van der Waals surface area contributed by atoms with Gasteiger partial charge in [0.15, 0.2) is 0 Å². The second-order valence-corrected chi connectivity index (χ2v) is 10.0. The normalized spacial score (nSPS) is 21.8. The van der Waals surface area contributed by atoms with Crippen LogP contribution in [0.5, 0.6) is 0 Å². The Morgan fingerprint density at radius 2 is 1.29 bits per heavy atom. The number of fused-ring (bicyclic) bond motifs is 1. The zero-order chi connectivity index (χ0) is 22.3. The molecule has 0 aliphatic carbocycles. The van der Waals surface area contributed by atoms with Crippen LogP contribution in [0.2, 0.25) is 0 Å². The van der Waals surface area contributed by atoms with Crippen molar-refractivity contribution in [3.05, 3.63) is 46.7 Å². The lowest BCUT2D eigenvalue weighted by Gasteiger charge is -2.30. The maximum absolute atomic E-state index is 2.51. The Balaban J connectivity index is 1.90. The summed E-state index contributed by atoms with van der Waals surface area (Å²) in [5.74, 6) is 0. The van der Waals surface area contributed by atoms with Crippen molar-refractivity contribution >= 4 is 0 Å². The molecule has 176 valence electrons. The molecule has 0 aromatic rings. The lowest BCUT2D eigenvalue weighted by atomic mass is 9.88. The van der Waals surface area contributed by atoms with E-state index in [1.165, 1.54) is 115 Å². The van der Waals surface area contributed by atoms with Crippen molar-refractivity contribution in [2.45, 2.75) is 136 Å². The summed E-state index contributed by atoms with van der Waals surface area (Å²) in [5, 5.41) is 0. The molecule has 0 aromatic carbocycles. The molecular formula is C30H52N+. The van der Waals surface area contributed by atoms with Crippen molar-refractivity contribution in [3.8, 4) is 0 Å². The molecule has 0 bridgehead atoms. The Kier molecular flexibility index (Phi) is 13.2. The zero-order valence-electron chi connectivity index (χ0n) is 21.4. The second kappa shape index (κ2) is 15.7. The molecule has 1 heteroatoms. The fourth-order valence-electron chi connectivity index (χ4n) is 5.50. The minimum absolute atomic E-state index is 0.705. The van der Waals surface area contributed by atoms with E-state index in [1.54, 1.807) is 21.7 Å². The smallest absolute Gasteiger partial charge is 0.118 e. The van der Waals surface area contributed by atoms with Gasteiger partial charge in [-0.1, -0.05) is 102 Å². The van der Waals surface area contributed by atoms with Crippen molar-refractivity contribution in [3.63, 3.8) is 0 Å². The Morgan fingerprint density at radius 1 is 0.742 bits per heavy atom. The summed E-state index contributed by atoms with van der Waals surface area (Å²) in [7, 11) is 0. The third-order valence-corrected chi connectivity index (χ3v) is 7.49. The highest BCUT2D eigenvalue weighted by atomic mass is 15.2. The largest absolute Gasteiger partial charge is 0.300 e. The van der Waals surface area contributed by atoms with E-state index in [1.807, 2.05) is 0 Å². The fourth-order valence-corrected chi connectivity index (χ4v) is 5.50. The van der Waals surface area contributed by atoms with E-state index in [9.17, 15) is 0 Å². The summed E-state index contributed by atoms with van der Waals surface area (Å²) in [6.45, 7) is 10.7. The van der Waals surface area contributed by atoms with E-state index >= 15 is 0 Å². The average molecular weight is 427 g/mol. The first-order chi connectivity index (χ1) is 15.2. The number of unbranched alkanes of at least 4 members (excludes halogenated alkanes) is 12. The van der Waals surface area contributed by atoms with Crippen LogP contribution in [0.15, 0.2) is 46.7 Å². The Labute approximate surface area is 194 Å². The van der Waals surface area contributed by atoms with E-state index in [0.29, 0.717) is 6.04 Å². The minimum Gasteiger partial charge on any atom is -0.300 e. The number of nitrogens with one attached hydrogen (secondary N) is 1. The monoisotopic (exact) mass is 426 g/mol. The molecule has 31 heavy (non-hydrogen) atoms. The van der Waals surface area contributed by atoms with E-state index in [-0.39, 0.29) is 0 Å². The van der Waals surface area contributed by atoms with E-state index < -0.39 is 0 Å². The minimum atomic E-state index is 0.705. The molecule has 1 saturated heterocycles. The molecule has 2 rings (SSSR count). The summed E-state index contributed by atoms with van der Waals surface area (Å²) in [6, 6.07) is 0.705. The average Bonchev–Trinajstić information content (AvgIpc) is 3.26. The third-order valence-electron chi connectivity index (χ3n) is 7.49. The maximum Gasteiger partial charge on any atom is 0.118 e. The van der Waals surface area contributed by atoms with Crippen LogP contribution in [-0.2, 0) is 0 Å². The number of hydrogen-bond donors (Lipinski definition) is 1. The summed E-state index contributed by atoms with van der Waals surface area (Å²) in [5.41, 5.74) is 6.29. The first-order valence-corrected chi connectivity index (χ1v) is 13.8. The van der Waals surface area contributed by atoms with Crippen LogP contribution in [0.4, 0.5) is 0 Å². The predicted molar refractivity (Wildman–Crippen MR) is 139 cm³/mol. The SMILES string of the molecule is CCCCCCCCC=CC1=C(C)[NH+]2CCCC2C(C=CCCCCCCCC)=C1C. The van der Waals surface area contributed by atoms with Gasteiger partial charge < -0.3 is 0 Å². The van der Waals surface area contributed by atoms with Gasteiger partial charge in [-0.05, 0) is 38.2 Å². The van der Waals surface area contributed by atoms with Gasteiger partial charge in [-0.25, -0.2) is 0 Å². The molecule has 2 atom stereocenters. The lowest BCUT2D eigenvalue weighted by Crippen LogP contribution is -3.12. The quantitative estimate of drug-likeness (QED) is 0.237. The molecule has 2 aliphatic heterocycles. The molecule has 2 aliphatic rings. The first kappa shape index (κ1) is 26.2. The summed E-state index contributed by atoms with van der Waals surface area (Å²) in [4.78, 5) is 1.74. The number of allylic oxidation sites excluding steroid dienone is 6. The van der Waals surface area contributed by atoms with Gasteiger partial charge in [0.2, 0.25) is 0 Å². The van der Waals surface area contributed by atoms with Gasteiger partial charge in [0.05, 0.1) is 6.54 Å². The Hall–Kier alpha value is -1.08. The van der Waals surface area contributed by atoms with Crippen molar-refractivity contribution < 1.29 is 4.90 Å². The van der Waals surface area contributed by atoms with Crippen LogP contribution in [-0.4, -0.2) is 12.6 Å². The van der Waals surface area contributed by atoms with E-state index in [2.05, 4.69) is 52.0 Å². The fraction of sp³-hybridized carbons (Fsp3) is 0.733. The van der Waals surface area contributed by atoms with Gasteiger partial charge in [0.25, 0.3) is 0 Å². The van der Waals surface area contributed by atoms with Gasteiger partial charge in [-0.15, -0.1) is 0 Å². The Bertz CT molecular complexity index is 618. The standard InChI is InChI=1S/C30H51N/c1-5-7-9-11-13-15-17-19-22-28-26(3)29(30-24-21-25-31(30)27(28)4)23-20-18-16-14-12-10-8-6-2/h19-20,22-23,30H,5-18,21,24-25H2,1-4H3/p+1. The molecule has 1 nitrogen and oxygen atoms in total. The number of hydrogen-bond acceptors (Lipinski definition) is 0. The summed E-state index contributed by atoms with van der Waals surface area (Å²) in [6.07, 6.45) is 31.8. The molecule has 1 N–H and O–H groups in total.